The largest absolute Gasteiger partial charge is 0.117 e. The number of alkyl halides is 1. The van der Waals surface area contributed by atoms with E-state index in [1.807, 2.05) is 24.3 Å². The molecule has 0 heterocycles. The summed E-state index contributed by atoms with van der Waals surface area (Å²) >= 11 is 12.4. The number of rotatable bonds is 6. The van der Waals surface area contributed by atoms with Crippen LogP contribution in [0.3, 0.4) is 0 Å². The van der Waals surface area contributed by atoms with E-state index >= 15 is 0 Å². The molecule has 2 rings (SSSR count). The summed E-state index contributed by atoms with van der Waals surface area (Å²) in [7, 11) is 0. The van der Waals surface area contributed by atoms with E-state index in [2.05, 4.69) is 31.2 Å². The van der Waals surface area contributed by atoms with Crippen molar-refractivity contribution in [2.45, 2.75) is 38.0 Å². The molecule has 0 N–H and O–H groups in total. The summed E-state index contributed by atoms with van der Waals surface area (Å²) in [6, 6.07) is 16.6. The van der Waals surface area contributed by atoms with Gasteiger partial charge in [-0.1, -0.05) is 61.3 Å². The average molecular weight is 307 g/mol. The van der Waals surface area contributed by atoms with Gasteiger partial charge in [-0.25, -0.2) is 0 Å². The van der Waals surface area contributed by atoms with Crippen LogP contribution >= 0.6 is 23.2 Å². The van der Waals surface area contributed by atoms with Gasteiger partial charge < -0.3 is 0 Å². The zero-order valence-corrected chi connectivity index (χ0v) is 13.3. The Morgan fingerprint density at radius 1 is 0.900 bits per heavy atom. The smallest absolute Gasteiger partial charge is 0.0625 e. The van der Waals surface area contributed by atoms with Crippen LogP contribution < -0.4 is 0 Å². The Balaban J connectivity index is 1.98. The number of halogens is 2. The maximum atomic E-state index is 6.50. The minimum absolute atomic E-state index is 0.0106. The van der Waals surface area contributed by atoms with Crippen LogP contribution in [0.2, 0.25) is 5.02 Å². The molecule has 0 saturated heterocycles. The second-order valence-corrected chi connectivity index (χ2v) is 6.11. The first-order valence-corrected chi connectivity index (χ1v) is 7.98. The Morgan fingerprint density at radius 3 is 2.10 bits per heavy atom. The van der Waals surface area contributed by atoms with Gasteiger partial charge in [0.2, 0.25) is 0 Å². The third-order valence-electron chi connectivity index (χ3n) is 3.49. The average Bonchev–Trinajstić information content (AvgIpc) is 2.48. The van der Waals surface area contributed by atoms with Crippen molar-refractivity contribution in [2.24, 2.45) is 0 Å². The van der Waals surface area contributed by atoms with Crippen LogP contribution in [0.5, 0.6) is 0 Å². The standard InChI is InChI=1S/C18H20Cl2/c1-2-3-4-14-5-9-16(10-6-14)18(20)13-15-7-11-17(19)12-8-15/h5-12,18H,2-4,13H2,1H3. The van der Waals surface area contributed by atoms with E-state index in [9.17, 15) is 0 Å². The SMILES string of the molecule is CCCCc1ccc(C(Cl)Cc2ccc(Cl)cc2)cc1. The molecule has 0 radical (unpaired) electrons. The normalized spacial score (nSPS) is 12.3. The summed E-state index contributed by atoms with van der Waals surface area (Å²) < 4.78 is 0. The van der Waals surface area contributed by atoms with E-state index in [1.54, 1.807) is 0 Å². The van der Waals surface area contributed by atoms with Gasteiger partial charge in [0.1, 0.15) is 0 Å². The lowest BCUT2D eigenvalue weighted by Crippen LogP contribution is -1.96. The van der Waals surface area contributed by atoms with E-state index in [0.717, 1.165) is 17.9 Å². The Morgan fingerprint density at radius 2 is 1.50 bits per heavy atom. The highest BCUT2D eigenvalue weighted by Crippen LogP contribution is 2.26. The van der Waals surface area contributed by atoms with E-state index in [0.29, 0.717) is 0 Å². The highest BCUT2D eigenvalue weighted by atomic mass is 35.5. The van der Waals surface area contributed by atoms with Crippen LogP contribution in [0, 0.1) is 0 Å². The van der Waals surface area contributed by atoms with E-state index in [-0.39, 0.29) is 5.38 Å². The second kappa shape index (κ2) is 7.71. The number of benzene rings is 2. The van der Waals surface area contributed by atoms with E-state index < -0.39 is 0 Å². The van der Waals surface area contributed by atoms with Crippen molar-refractivity contribution in [2.75, 3.05) is 0 Å². The van der Waals surface area contributed by atoms with Gasteiger partial charge >= 0.3 is 0 Å². The molecule has 0 amide bonds. The molecule has 0 fully saturated rings. The van der Waals surface area contributed by atoms with Gasteiger partial charge in [0.15, 0.2) is 0 Å². The molecule has 1 unspecified atom stereocenters. The molecule has 0 aliphatic rings. The molecule has 20 heavy (non-hydrogen) atoms. The minimum Gasteiger partial charge on any atom is -0.117 e. The summed E-state index contributed by atoms with van der Waals surface area (Å²) in [6.07, 6.45) is 4.46. The van der Waals surface area contributed by atoms with Crippen molar-refractivity contribution in [3.8, 4) is 0 Å². The molecule has 0 spiro atoms. The fourth-order valence-electron chi connectivity index (χ4n) is 2.22. The van der Waals surface area contributed by atoms with Gasteiger partial charge in [-0.3, -0.25) is 0 Å². The van der Waals surface area contributed by atoms with Crippen molar-refractivity contribution in [3.63, 3.8) is 0 Å². The maximum absolute atomic E-state index is 6.50. The van der Waals surface area contributed by atoms with Gasteiger partial charge in [-0.2, -0.15) is 0 Å². The summed E-state index contributed by atoms with van der Waals surface area (Å²) in [6.45, 7) is 2.22. The van der Waals surface area contributed by atoms with Crippen LogP contribution in [0.4, 0.5) is 0 Å². The molecular weight excluding hydrogens is 287 g/mol. The Labute approximate surface area is 131 Å². The number of hydrogen-bond acceptors (Lipinski definition) is 0. The fraction of sp³-hybridized carbons (Fsp3) is 0.333. The van der Waals surface area contributed by atoms with Crippen LogP contribution in [-0.2, 0) is 12.8 Å². The Hall–Kier alpha value is -0.980. The quantitative estimate of drug-likeness (QED) is 0.557. The molecule has 1 atom stereocenters. The number of hydrogen-bond donors (Lipinski definition) is 0. The molecule has 2 aromatic carbocycles. The van der Waals surface area contributed by atoms with Crippen molar-refractivity contribution in [1.82, 2.24) is 0 Å². The molecule has 2 heteroatoms. The zero-order chi connectivity index (χ0) is 14.4. The van der Waals surface area contributed by atoms with Gasteiger partial charge in [0.25, 0.3) is 0 Å². The summed E-state index contributed by atoms with van der Waals surface area (Å²) in [5.74, 6) is 0. The summed E-state index contributed by atoms with van der Waals surface area (Å²) in [5.41, 5.74) is 3.79. The molecule has 2 aromatic rings. The van der Waals surface area contributed by atoms with Crippen LogP contribution in [0.15, 0.2) is 48.5 Å². The van der Waals surface area contributed by atoms with Crippen LogP contribution in [0.25, 0.3) is 0 Å². The first-order chi connectivity index (χ1) is 9.69. The van der Waals surface area contributed by atoms with Crippen molar-refractivity contribution < 1.29 is 0 Å². The molecule has 0 aliphatic heterocycles. The van der Waals surface area contributed by atoms with Crippen LogP contribution in [-0.4, -0.2) is 0 Å². The van der Waals surface area contributed by atoms with Gasteiger partial charge in [0, 0.05) is 5.02 Å². The van der Waals surface area contributed by atoms with Crippen molar-refractivity contribution >= 4 is 23.2 Å². The van der Waals surface area contributed by atoms with Crippen molar-refractivity contribution in [1.29, 1.82) is 0 Å². The second-order valence-electron chi connectivity index (χ2n) is 5.14. The Kier molecular flexibility index (Phi) is 5.94. The zero-order valence-electron chi connectivity index (χ0n) is 11.8. The van der Waals surface area contributed by atoms with Gasteiger partial charge in [0.05, 0.1) is 5.38 Å². The van der Waals surface area contributed by atoms with Gasteiger partial charge in [-0.15, -0.1) is 11.6 Å². The lowest BCUT2D eigenvalue weighted by molar-refractivity contribution is 0.794. The molecule has 0 aliphatic carbocycles. The third kappa shape index (κ3) is 4.54. The minimum atomic E-state index is 0.0106. The molecule has 106 valence electrons. The first-order valence-electron chi connectivity index (χ1n) is 7.16. The number of unbranched alkanes of at least 4 members (excludes halogenated alkanes) is 1. The Bertz CT molecular complexity index is 514. The molecular formula is C18H20Cl2. The van der Waals surface area contributed by atoms with Crippen molar-refractivity contribution in [3.05, 3.63) is 70.2 Å². The number of aryl methyl sites for hydroxylation is 1. The van der Waals surface area contributed by atoms with Crippen LogP contribution in [0.1, 0.15) is 41.8 Å². The first kappa shape index (κ1) is 15.4. The predicted molar refractivity (Wildman–Crippen MR) is 88.8 cm³/mol. The lowest BCUT2D eigenvalue weighted by Gasteiger charge is -2.11. The lowest BCUT2D eigenvalue weighted by atomic mass is 10.0. The van der Waals surface area contributed by atoms with E-state index in [1.165, 1.54) is 29.5 Å². The van der Waals surface area contributed by atoms with Gasteiger partial charge in [-0.05, 0) is 48.1 Å². The highest BCUT2D eigenvalue weighted by Gasteiger charge is 2.09. The molecule has 0 nitrogen and oxygen atoms in total. The van der Waals surface area contributed by atoms with E-state index in [4.69, 9.17) is 23.2 Å². The third-order valence-corrected chi connectivity index (χ3v) is 4.15. The monoisotopic (exact) mass is 306 g/mol. The fourth-order valence-corrected chi connectivity index (χ4v) is 2.67. The molecule has 0 aromatic heterocycles. The molecule has 0 bridgehead atoms. The highest BCUT2D eigenvalue weighted by molar-refractivity contribution is 6.30. The molecule has 0 saturated carbocycles. The maximum Gasteiger partial charge on any atom is 0.0625 e. The summed E-state index contributed by atoms with van der Waals surface area (Å²) in [4.78, 5) is 0. The summed E-state index contributed by atoms with van der Waals surface area (Å²) in [5, 5.41) is 0.775. The predicted octanol–water partition coefficient (Wildman–Crippen LogP) is 6.21. The topological polar surface area (TPSA) is 0 Å².